The first-order valence-corrected chi connectivity index (χ1v) is 7.48. The third-order valence-corrected chi connectivity index (χ3v) is 3.85. The molecule has 0 atom stereocenters. The molecule has 0 spiro atoms. The van der Waals surface area contributed by atoms with E-state index in [4.69, 9.17) is 15.2 Å². The van der Waals surface area contributed by atoms with E-state index >= 15 is 0 Å². The number of carbonyl (C=O) groups is 1. The van der Waals surface area contributed by atoms with Gasteiger partial charge in [0.1, 0.15) is 11.5 Å². The molecule has 2 heterocycles. The topological polar surface area (TPSA) is 103 Å². The molecule has 3 rings (SSSR count). The number of ether oxygens (including phenoxy) is 2. The Kier molecular flexibility index (Phi) is 4.37. The number of methoxy groups -OCH3 is 2. The molecule has 0 bridgehead atoms. The summed E-state index contributed by atoms with van der Waals surface area (Å²) in [5, 5.41) is 2.86. The molecule has 3 N–H and O–H groups in total. The van der Waals surface area contributed by atoms with Gasteiger partial charge in [-0.05, 0) is 12.0 Å². The summed E-state index contributed by atoms with van der Waals surface area (Å²) in [7, 11) is 3.12. The van der Waals surface area contributed by atoms with Crippen LogP contribution in [0.15, 0.2) is 24.4 Å². The Bertz CT molecular complexity index is 743. The number of nitrogen functional groups attached to an aromatic ring is 1. The van der Waals surface area contributed by atoms with Crippen molar-refractivity contribution in [3.05, 3.63) is 35.7 Å². The highest BCUT2D eigenvalue weighted by atomic mass is 16.5. The van der Waals surface area contributed by atoms with Gasteiger partial charge in [-0.25, -0.2) is 14.8 Å². The predicted molar refractivity (Wildman–Crippen MR) is 89.1 cm³/mol. The molecule has 8 nitrogen and oxygen atoms in total. The summed E-state index contributed by atoms with van der Waals surface area (Å²) in [6.07, 6.45) is 2.42. The number of amides is 2. The number of fused-ring (bicyclic) bond motifs is 1. The van der Waals surface area contributed by atoms with E-state index in [-0.39, 0.29) is 12.0 Å². The van der Waals surface area contributed by atoms with Crippen LogP contribution in [0.1, 0.15) is 11.3 Å². The normalized spacial score (nSPS) is 13.2. The van der Waals surface area contributed by atoms with Gasteiger partial charge < -0.3 is 25.4 Å². The van der Waals surface area contributed by atoms with E-state index in [0.29, 0.717) is 36.7 Å². The molecule has 0 fully saturated rings. The Morgan fingerprint density at radius 1 is 1.25 bits per heavy atom. The lowest BCUT2D eigenvalue weighted by Gasteiger charge is -2.28. The Balaban J connectivity index is 1.74. The highest BCUT2D eigenvalue weighted by Gasteiger charge is 2.22. The van der Waals surface area contributed by atoms with Crippen LogP contribution in [0.5, 0.6) is 11.5 Å². The van der Waals surface area contributed by atoms with E-state index in [1.165, 1.54) is 0 Å². The van der Waals surface area contributed by atoms with E-state index in [0.717, 1.165) is 11.3 Å². The second-order valence-corrected chi connectivity index (χ2v) is 5.40. The fourth-order valence-corrected chi connectivity index (χ4v) is 2.57. The summed E-state index contributed by atoms with van der Waals surface area (Å²) >= 11 is 0. The van der Waals surface area contributed by atoms with Gasteiger partial charge in [-0.15, -0.1) is 0 Å². The molecule has 1 aromatic heterocycles. The first-order valence-electron chi connectivity index (χ1n) is 7.48. The number of aromatic nitrogens is 2. The molecule has 0 unspecified atom stereocenters. The molecule has 24 heavy (non-hydrogen) atoms. The van der Waals surface area contributed by atoms with Crippen LogP contribution in [0.3, 0.4) is 0 Å². The minimum absolute atomic E-state index is 0.215. The zero-order valence-electron chi connectivity index (χ0n) is 13.6. The second kappa shape index (κ2) is 6.61. The van der Waals surface area contributed by atoms with E-state index < -0.39 is 0 Å². The average molecular weight is 329 g/mol. The van der Waals surface area contributed by atoms with E-state index in [2.05, 4.69) is 15.3 Å². The van der Waals surface area contributed by atoms with Crippen molar-refractivity contribution >= 4 is 17.7 Å². The van der Waals surface area contributed by atoms with Gasteiger partial charge >= 0.3 is 6.03 Å². The molecule has 1 aliphatic rings. The van der Waals surface area contributed by atoms with Crippen LogP contribution in [0, 0.1) is 0 Å². The van der Waals surface area contributed by atoms with Crippen molar-refractivity contribution in [2.45, 2.75) is 13.0 Å². The number of hydrogen-bond acceptors (Lipinski definition) is 6. The third-order valence-electron chi connectivity index (χ3n) is 3.85. The van der Waals surface area contributed by atoms with Crippen LogP contribution < -0.4 is 20.5 Å². The number of nitrogens with two attached hydrogens (primary N) is 1. The van der Waals surface area contributed by atoms with Gasteiger partial charge in [-0.2, -0.15) is 0 Å². The molecular formula is C16H19N5O3. The lowest BCUT2D eigenvalue weighted by atomic mass is 10.1. The van der Waals surface area contributed by atoms with Crippen molar-refractivity contribution in [3.63, 3.8) is 0 Å². The van der Waals surface area contributed by atoms with Crippen LogP contribution in [-0.2, 0) is 13.0 Å². The van der Waals surface area contributed by atoms with Crippen LogP contribution in [0.4, 0.5) is 16.4 Å². The van der Waals surface area contributed by atoms with Gasteiger partial charge in [0.25, 0.3) is 0 Å². The highest BCUT2D eigenvalue weighted by Crippen LogP contribution is 2.26. The molecule has 1 aliphatic heterocycles. The van der Waals surface area contributed by atoms with Crippen molar-refractivity contribution in [3.8, 4) is 11.5 Å². The van der Waals surface area contributed by atoms with Crippen LogP contribution >= 0.6 is 0 Å². The van der Waals surface area contributed by atoms with Gasteiger partial charge in [0.05, 0.1) is 26.5 Å². The number of urea groups is 1. The lowest BCUT2D eigenvalue weighted by molar-refractivity contribution is 0.205. The molecule has 0 saturated heterocycles. The standard InChI is InChI=1S/C16H19N5O3/c1-23-12-5-11(6-13(7-12)24-2)19-16(22)21-4-3-10-8-18-15(17)20-14(10)9-21/h5-8H,3-4,9H2,1-2H3,(H,19,22)(H2,17,18,20). The van der Waals surface area contributed by atoms with Crippen molar-refractivity contribution < 1.29 is 14.3 Å². The first-order chi connectivity index (χ1) is 11.6. The predicted octanol–water partition coefficient (Wildman–Crippen LogP) is 1.67. The van der Waals surface area contributed by atoms with Crippen molar-refractivity contribution in [2.24, 2.45) is 0 Å². The zero-order valence-corrected chi connectivity index (χ0v) is 13.6. The Morgan fingerprint density at radius 3 is 2.62 bits per heavy atom. The molecule has 126 valence electrons. The summed E-state index contributed by atoms with van der Waals surface area (Å²) in [5.41, 5.74) is 8.03. The third kappa shape index (κ3) is 3.32. The summed E-state index contributed by atoms with van der Waals surface area (Å²) < 4.78 is 10.4. The minimum atomic E-state index is -0.215. The number of anilines is 2. The molecule has 2 aromatic rings. The van der Waals surface area contributed by atoms with E-state index in [1.54, 1.807) is 43.5 Å². The maximum absolute atomic E-state index is 12.5. The summed E-state index contributed by atoms with van der Waals surface area (Å²) in [6.45, 7) is 0.988. The SMILES string of the molecule is COc1cc(NC(=O)N2CCc3cnc(N)nc3C2)cc(OC)c1. The van der Waals surface area contributed by atoms with Crippen molar-refractivity contribution in [1.82, 2.24) is 14.9 Å². The first kappa shape index (κ1) is 15.9. The lowest BCUT2D eigenvalue weighted by Crippen LogP contribution is -2.39. The highest BCUT2D eigenvalue weighted by molar-refractivity contribution is 5.90. The molecule has 8 heteroatoms. The quantitative estimate of drug-likeness (QED) is 0.888. The number of rotatable bonds is 3. The van der Waals surface area contributed by atoms with E-state index in [9.17, 15) is 4.79 Å². The largest absolute Gasteiger partial charge is 0.497 e. The fourth-order valence-electron chi connectivity index (χ4n) is 2.57. The number of carbonyl (C=O) groups excluding carboxylic acids is 1. The number of nitrogens with one attached hydrogen (secondary N) is 1. The van der Waals surface area contributed by atoms with Crippen LogP contribution in [-0.4, -0.2) is 41.7 Å². The van der Waals surface area contributed by atoms with Crippen molar-refractivity contribution in [2.75, 3.05) is 31.8 Å². The maximum Gasteiger partial charge on any atom is 0.322 e. The van der Waals surface area contributed by atoms with Gasteiger partial charge in [0, 0.05) is 36.6 Å². The van der Waals surface area contributed by atoms with Crippen molar-refractivity contribution in [1.29, 1.82) is 0 Å². The molecular weight excluding hydrogens is 310 g/mol. The molecule has 0 radical (unpaired) electrons. The number of benzene rings is 1. The second-order valence-electron chi connectivity index (χ2n) is 5.40. The Labute approximate surface area is 139 Å². The molecule has 2 amide bonds. The van der Waals surface area contributed by atoms with Gasteiger partial charge in [-0.3, -0.25) is 0 Å². The smallest absolute Gasteiger partial charge is 0.322 e. The molecule has 1 aromatic carbocycles. The van der Waals surface area contributed by atoms with Gasteiger partial charge in [0.2, 0.25) is 5.95 Å². The van der Waals surface area contributed by atoms with Gasteiger partial charge in [0.15, 0.2) is 0 Å². The molecule has 0 aliphatic carbocycles. The Hall–Kier alpha value is -3.03. The maximum atomic E-state index is 12.5. The molecule has 0 saturated carbocycles. The van der Waals surface area contributed by atoms with Crippen LogP contribution in [0.2, 0.25) is 0 Å². The number of hydrogen-bond donors (Lipinski definition) is 2. The van der Waals surface area contributed by atoms with Crippen LogP contribution in [0.25, 0.3) is 0 Å². The monoisotopic (exact) mass is 329 g/mol. The fraction of sp³-hybridized carbons (Fsp3) is 0.312. The number of nitrogens with zero attached hydrogens (tertiary/aromatic N) is 3. The Morgan fingerprint density at radius 2 is 1.96 bits per heavy atom. The zero-order chi connectivity index (χ0) is 17.1. The van der Waals surface area contributed by atoms with Gasteiger partial charge in [-0.1, -0.05) is 0 Å². The summed E-state index contributed by atoms with van der Waals surface area (Å²) in [4.78, 5) is 22.4. The summed E-state index contributed by atoms with van der Waals surface area (Å²) in [6, 6.07) is 5.00. The minimum Gasteiger partial charge on any atom is -0.497 e. The average Bonchev–Trinajstić information content (AvgIpc) is 2.60. The van der Waals surface area contributed by atoms with E-state index in [1.807, 2.05) is 0 Å². The summed E-state index contributed by atoms with van der Waals surface area (Å²) in [5.74, 6) is 1.43.